The van der Waals surface area contributed by atoms with Crippen LogP contribution in [0, 0.1) is 0 Å². The van der Waals surface area contributed by atoms with Crippen LogP contribution in [0.2, 0.25) is 0 Å². The Labute approximate surface area is 169 Å². The molecule has 0 radical (unpaired) electrons. The van der Waals surface area contributed by atoms with E-state index < -0.39 is 5.69 Å². The first kappa shape index (κ1) is 18.8. The summed E-state index contributed by atoms with van der Waals surface area (Å²) >= 11 is 1.34. The zero-order valence-electron chi connectivity index (χ0n) is 15.5. The highest BCUT2D eigenvalue weighted by atomic mass is 32.1. The molecule has 3 aromatic heterocycles. The largest absolute Gasteiger partial charge is 0.497 e. The molecule has 0 unspecified atom stereocenters. The molecule has 0 aliphatic rings. The lowest BCUT2D eigenvalue weighted by Gasteiger charge is -2.09. The van der Waals surface area contributed by atoms with Gasteiger partial charge in [0.25, 0.3) is 0 Å². The Bertz CT molecular complexity index is 1210. The molecule has 0 aliphatic heterocycles. The van der Waals surface area contributed by atoms with Crippen LogP contribution >= 0.6 is 11.3 Å². The molecule has 0 saturated heterocycles. The van der Waals surface area contributed by atoms with E-state index in [4.69, 9.17) is 14.9 Å². The highest BCUT2D eigenvalue weighted by Crippen LogP contribution is 2.36. The van der Waals surface area contributed by atoms with E-state index in [0.29, 0.717) is 16.0 Å². The minimum absolute atomic E-state index is 0.143. The van der Waals surface area contributed by atoms with Crippen LogP contribution in [0.4, 0.5) is 5.82 Å². The number of fused-ring (bicyclic) bond motifs is 1. The van der Waals surface area contributed by atoms with Gasteiger partial charge in [0, 0.05) is 10.9 Å². The molecule has 0 aliphatic carbocycles. The maximum Gasteiger partial charge on any atom is 0.351 e. The Kier molecular flexibility index (Phi) is 5.05. The minimum Gasteiger partial charge on any atom is -0.497 e. The first-order chi connectivity index (χ1) is 14.1. The highest BCUT2D eigenvalue weighted by molar-refractivity contribution is 7.17. The van der Waals surface area contributed by atoms with Crippen molar-refractivity contribution < 1.29 is 13.9 Å². The number of carbonyl (C=O) groups excluding carboxylic acids is 1. The molecule has 0 atom stereocenters. The summed E-state index contributed by atoms with van der Waals surface area (Å²) in [6, 6.07) is 11.0. The molecule has 1 aromatic carbocycles. The molecule has 4 aromatic rings. The predicted octanol–water partition coefficient (Wildman–Crippen LogP) is 2.63. The average Bonchev–Trinajstić information content (AvgIpc) is 3.40. The van der Waals surface area contributed by atoms with E-state index in [1.165, 1.54) is 22.2 Å². The second kappa shape index (κ2) is 7.80. The van der Waals surface area contributed by atoms with E-state index in [-0.39, 0.29) is 24.8 Å². The SMILES string of the molecule is COc1ccc(-c2csc3c2c(N)nc(=O)n3CC(=O)NCc2ccco2)cc1. The number of rotatable bonds is 6. The molecule has 148 valence electrons. The molecule has 0 spiro atoms. The molecule has 9 heteroatoms. The van der Waals surface area contributed by atoms with Crippen LogP contribution in [0.5, 0.6) is 5.75 Å². The van der Waals surface area contributed by atoms with Crippen LogP contribution < -0.4 is 21.5 Å². The number of carbonyl (C=O) groups is 1. The van der Waals surface area contributed by atoms with Gasteiger partial charge in [0.15, 0.2) is 0 Å². The number of benzene rings is 1. The quantitative estimate of drug-likeness (QED) is 0.505. The minimum atomic E-state index is -0.564. The van der Waals surface area contributed by atoms with Gasteiger partial charge in [-0.15, -0.1) is 11.3 Å². The second-order valence-corrected chi connectivity index (χ2v) is 7.14. The van der Waals surface area contributed by atoms with Gasteiger partial charge < -0.3 is 20.2 Å². The van der Waals surface area contributed by atoms with Gasteiger partial charge in [0.1, 0.15) is 28.7 Å². The number of nitrogens with zero attached hydrogens (tertiary/aromatic N) is 2. The van der Waals surface area contributed by atoms with Gasteiger partial charge in [-0.1, -0.05) is 12.1 Å². The van der Waals surface area contributed by atoms with Gasteiger partial charge in [-0.25, -0.2) is 4.79 Å². The van der Waals surface area contributed by atoms with Crippen LogP contribution in [0.3, 0.4) is 0 Å². The number of nitrogen functional groups attached to an aromatic ring is 1. The fourth-order valence-corrected chi connectivity index (χ4v) is 4.11. The van der Waals surface area contributed by atoms with Crippen LogP contribution in [0.25, 0.3) is 21.3 Å². The van der Waals surface area contributed by atoms with Crippen molar-refractivity contribution in [2.45, 2.75) is 13.1 Å². The fourth-order valence-electron chi connectivity index (χ4n) is 3.02. The number of aromatic nitrogens is 2. The third-order valence-electron chi connectivity index (χ3n) is 4.46. The number of amides is 1. The van der Waals surface area contributed by atoms with E-state index in [0.717, 1.165) is 16.9 Å². The van der Waals surface area contributed by atoms with Crippen LogP contribution in [-0.4, -0.2) is 22.6 Å². The number of thiophene rings is 1. The third kappa shape index (κ3) is 3.72. The summed E-state index contributed by atoms with van der Waals surface area (Å²) in [6.07, 6.45) is 1.53. The summed E-state index contributed by atoms with van der Waals surface area (Å²) in [7, 11) is 1.60. The fraction of sp³-hybridized carbons (Fsp3) is 0.150. The molecule has 1 amide bonds. The van der Waals surface area contributed by atoms with Gasteiger partial charge in [0.2, 0.25) is 5.91 Å². The van der Waals surface area contributed by atoms with Crippen LogP contribution in [-0.2, 0) is 17.9 Å². The molecule has 3 heterocycles. The number of nitrogens with two attached hydrogens (primary N) is 1. The lowest BCUT2D eigenvalue weighted by Crippen LogP contribution is -2.33. The van der Waals surface area contributed by atoms with Gasteiger partial charge in [-0.3, -0.25) is 9.36 Å². The number of hydrogen-bond donors (Lipinski definition) is 2. The highest BCUT2D eigenvalue weighted by Gasteiger charge is 2.17. The Morgan fingerprint density at radius 3 is 2.79 bits per heavy atom. The molecular weight excluding hydrogens is 392 g/mol. The van der Waals surface area contributed by atoms with Gasteiger partial charge >= 0.3 is 5.69 Å². The Morgan fingerprint density at radius 2 is 2.10 bits per heavy atom. The van der Waals surface area contributed by atoms with Crippen molar-refractivity contribution in [3.63, 3.8) is 0 Å². The van der Waals surface area contributed by atoms with Crippen molar-refractivity contribution in [1.82, 2.24) is 14.9 Å². The number of ether oxygens (including phenoxy) is 1. The second-order valence-electron chi connectivity index (χ2n) is 6.28. The van der Waals surface area contributed by atoms with E-state index in [2.05, 4.69) is 10.3 Å². The lowest BCUT2D eigenvalue weighted by atomic mass is 10.1. The van der Waals surface area contributed by atoms with E-state index in [1.807, 2.05) is 29.6 Å². The topological polar surface area (TPSA) is 112 Å². The molecule has 0 saturated carbocycles. The van der Waals surface area contributed by atoms with Crippen LogP contribution in [0.15, 0.2) is 57.3 Å². The normalized spacial score (nSPS) is 10.9. The zero-order valence-corrected chi connectivity index (χ0v) is 16.4. The molecule has 4 rings (SSSR count). The Hall–Kier alpha value is -3.59. The maximum atomic E-state index is 12.4. The van der Waals surface area contributed by atoms with Crippen molar-refractivity contribution in [1.29, 1.82) is 0 Å². The van der Waals surface area contributed by atoms with E-state index in [1.54, 1.807) is 19.2 Å². The van der Waals surface area contributed by atoms with Gasteiger partial charge in [0.05, 0.1) is 25.3 Å². The van der Waals surface area contributed by atoms with Crippen molar-refractivity contribution in [2.24, 2.45) is 0 Å². The monoisotopic (exact) mass is 410 g/mol. The van der Waals surface area contributed by atoms with Crippen LogP contribution in [0.1, 0.15) is 5.76 Å². The Morgan fingerprint density at radius 1 is 1.31 bits per heavy atom. The summed E-state index contributed by atoms with van der Waals surface area (Å²) in [5, 5.41) is 5.29. The molecule has 0 bridgehead atoms. The number of hydrogen-bond acceptors (Lipinski definition) is 7. The number of nitrogens with one attached hydrogen (secondary N) is 1. The standard InChI is InChI=1S/C20H18N4O4S/c1-27-13-6-4-12(5-7-13)15-11-29-19-17(15)18(21)23-20(26)24(19)10-16(25)22-9-14-3-2-8-28-14/h2-8,11H,9-10H2,1H3,(H,22,25)(H2,21,23,26). The number of methoxy groups -OCH3 is 1. The predicted molar refractivity (Wildman–Crippen MR) is 111 cm³/mol. The van der Waals surface area contributed by atoms with Crippen molar-refractivity contribution >= 4 is 33.3 Å². The smallest absolute Gasteiger partial charge is 0.351 e. The summed E-state index contributed by atoms with van der Waals surface area (Å²) < 4.78 is 11.7. The summed E-state index contributed by atoms with van der Waals surface area (Å²) in [4.78, 5) is 29.3. The first-order valence-corrected chi connectivity index (χ1v) is 9.66. The zero-order chi connectivity index (χ0) is 20.4. The molecule has 8 nitrogen and oxygen atoms in total. The number of anilines is 1. The number of furan rings is 1. The van der Waals surface area contributed by atoms with Crippen molar-refractivity contribution in [3.8, 4) is 16.9 Å². The first-order valence-electron chi connectivity index (χ1n) is 8.78. The lowest BCUT2D eigenvalue weighted by molar-refractivity contribution is -0.121. The molecule has 29 heavy (non-hydrogen) atoms. The average molecular weight is 410 g/mol. The summed E-state index contributed by atoms with van der Waals surface area (Å²) in [5.74, 6) is 1.19. The van der Waals surface area contributed by atoms with Crippen molar-refractivity contribution in [2.75, 3.05) is 12.8 Å². The van der Waals surface area contributed by atoms with Crippen molar-refractivity contribution in [3.05, 3.63) is 64.3 Å². The maximum absolute atomic E-state index is 12.4. The van der Waals surface area contributed by atoms with Gasteiger partial charge in [-0.05, 0) is 29.8 Å². The molecular formula is C20H18N4O4S. The van der Waals surface area contributed by atoms with Gasteiger partial charge in [-0.2, -0.15) is 4.98 Å². The Balaban J connectivity index is 1.66. The van der Waals surface area contributed by atoms with E-state index in [9.17, 15) is 9.59 Å². The summed E-state index contributed by atoms with van der Waals surface area (Å²) in [5.41, 5.74) is 7.26. The molecule has 0 fully saturated rings. The third-order valence-corrected chi connectivity index (χ3v) is 5.46. The van der Waals surface area contributed by atoms with E-state index >= 15 is 0 Å². The summed E-state index contributed by atoms with van der Waals surface area (Å²) in [6.45, 7) is 0.0829. The molecule has 3 N–H and O–H groups in total.